The highest BCUT2D eigenvalue weighted by Gasteiger charge is 2.34. The number of benzene rings is 1. The van der Waals surface area contributed by atoms with Crippen LogP contribution in [0.3, 0.4) is 0 Å². The van der Waals surface area contributed by atoms with Crippen molar-refractivity contribution >= 4 is 38.9 Å². The van der Waals surface area contributed by atoms with E-state index in [1.807, 2.05) is 29.2 Å². The molecule has 1 unspecified atom stereocenters. The largest absolute Gasteiger partial charge is 0.477 e. The van der Waals surface area contributed by atoms with Crippen molar-refractivity contribution in [1.82, 2.24) is 4.90 Å². The van der Waals surface area contributed by atoms with Crippen LogP contribution < -0.4 is 9.64 Å². The Bertz CT molecular complexity index is 760. The fourth-order valence-corrected chi connectivity index (χ4v) is 4.70. The molecule has 132 valence electrons. The Labute approximate surface area is 159 Å². The molecule has 7 heteroatoms. The molecule has 3 heterocycles. The number of ether oxygens (including phenoxy) is 2. The third-order valence-electron chi connectivity index (χ3n) is 4.44. The number of carbonyl (C=O) groups excluding carboxylic acids is 1. The molecule has 1 aromatic heterocycles. The third-order valence-corrected chi connectivity index (χ3v) is 6.04. The van der Waals surface area contributed by atoms with Gasteiger partial charge in [-0.2, -0.15) is 0 Å². The number of amides is 1. The summed E-state index contributed by atoms with van der Waals surface area (Å²) in [6.07, 6.45) is -0.476. The van der Waals surface area contributed by atoms with E-state index in [4.69, 9.17) is 9.47 Å². The van der Waals surface area contributed by atoms with E-state index in [0.29, 0.717) is 32.8 Å². The Morgan fingerprint density at radius 3 is 2.76 bits per heavy atom. The number of halogens is 1. The van der Waals surface area contributed by atoms with Gasteiger partial charge >= 0.3 is 0 Å². The van der Waals surface area contributed by atoms with Crippen LogP contribution in [0.25, 0.3) is 0 Å². The molecule has 25 heavy (non-hydrogen) atoms. The quantitative estimate of drug-likeness (QED) is 0.761. The molecule has 0 radical (unpaired) electrons. The summed E-state index contributed by atoms with van der Waals surface area (Å²) in [7, 11) is 0. The summed E-state index contributed by atoms with van der Waals surface area (Å²) in [5.41, 5.74) is 1.04. The molecule has 0 aliphatic carbocycles. The Kier molecular flexibility index (Phi) is 4.96. The van der Waals surface area contributed by atoms with Crippen molar-refractivity contribution in [1.29, 1.82) is 0 Å². The zero-order valence-electron chi connectivity index (χ0n) is 13.7. The number of fused-ring (bicyclic) bond motifs is 1. The average Bonchev–Trinajstić information content (AvgIpc) is 3.06. The van der Waals surface area contributed by atoms with Crippen LogP contribution >= 0.6 is 27.3 Å². The first-order valence-electron chi connectivity index (χ1n) is 8.32. The van der Waals surface area contributed by atoms with E-state index in [2.05, 4.69) is 33.0 Å². The molecule has 1 aromatic carbocycles. The lowest BCUT2D eigenvalue weighted by Gasteiger charge is -2.38. The lowest BCUT2D eigenvalue weighted by molar-refractivity contribution is -0.142. The summed E-state index contributed by atoms with van der Waals surface area (Å²) in [6, 6.07) is 12.1. The zero-order valence-corrected chi connectivity index (χ0v) is 16.1. The van der Waals surface area contributed by atoms with Gasteiger partial charge in [0.15, 0.2) is 6.10 Å². The van der Waals surface area contributed by atoms with Crippen LogP contribution in [0.2, 0.25) is 0 Å². The minimum Gasteiger partial charge on any atom is -0.477 e. The second-order valence-corrected chi connectivity index (χ2v) is 8.65. The second-order valence-electron chi connectivity index (χ2n) is 6.10. The van der Waals surface area contributed by atoms with E-state index < -0.39 is 6.10 Å². The highest BCUT2D eigenvalue weighted by atomic mass is 79.9. The summed E-state index contributed by atoms with van der Waals surface area (Å²) < 4.78 is 12.5. The third kappa shape index (κ3) is 3.68. The molecule has 4 rings (SSSR count). The molecule has 0 saturated carbocycles. The van der Waals surface area contributed by atoms with Crippen molar-refractivity contribution in [2.45, 2.75) is 12.6 Å². The smallest absolute Gasteiger partial charge is 0.265 e. The topological polar surface area (TPSA) is 42.0 Å². The summed E-state index contributed by atoms with van der Waals surface area (Å²) >= 11 is 5.23. The van der Waals surface area contributed by atoms with E-state index in [-0.39, 0.29) is 5.91 Å². The first-order valence-corrected chi connectivity index (χ1v) is 9.93. The molecule has 0 bridgehead atoms. The number of para-hydroxylation sites is 2. The van der Waals surface area contributed by atoms with E-state index in [0.717, 1.165) is 21.8 Å². The van der Waals surface area contributed by atoms with Crippen LogP contribution in [0, 0.1) is 0 Å². The number of thiophene rings is 1. The number of morpholine rings is 1. The number of hydrogen-bond acceptors (Lipinski definition) is 5. The van der Waals surface area contributed by atoms with Gasteiger partial charge in [0.1, 0.15) is 5.75 Å². The van der Waals surface area contributed by atoms with Gasteiger partial charge < -0.3 is 19.3 Å². The maximum atomic E-state index is 12.9. The van der Waals surface area contributed by atoms with E-state index in [1.165, 1.54) is 4.88 Å². The molecular weight excluding hydrogens is 404 g/mol. The van der Waals surface area contributed by atoms with Gasteiger partial charge in [0.05, 0.1) is 35.8 Å². The van der Waals surface area contributed by atoms with Crippen LogP contribution in [0.1, 0.15) is 4.88 Å². The summed E-state index contributed by atoms with van der Waals surface area (Å²) in [6.45, 7) is 3.80. The second kappa shape index (κ2) is 7.35. The van der Waals surface area contributed by atoms with E-state index in [1.54, 1.807) is 11.3 Å². The predicted octanol–water partition coefficient (Wildman–Crippen LogP) is 3.14. The zero-order chi connectivity index (χ0) is 17.2. The molecule has 0 N–H and O–H groups in total. The molecule has 0 spiro atoms. The predicted molar refractivity (Wildman–Crippen MR) is 101 cm³/mol. The van der Waals surface area contributed by atoms with Gasteiger partial charge in [-0.15, -0.1) is 11.3 Å². The van der Waals surface area contributed by atoms with Crippen LogP contribution in [0.5, 0.6) is 5.75 Å². The molecule has 2 aromatic rings. The van der Waals surface area contributed by atoms with Crippen molar-refractivity contribution in [3.05, 3.63) is 45.1 Å². The maximum Gasteiger partial charge on any atom is 0.265 e. The first-order chi connectivity index (χ1) is 12.2. The van der Waals surface area contributed by atoms with Gasteiger partial charge in [0, 0.05) is 18.0 Å². The monoisotopic (exact) mass is 422 g/mol. The van der Waals surface area contributed by atoms with Crippen molar-refractivity contribution in [3.63, 3.8) is 0 Å². The Hall–Kier alpha value is -1.57. The van der Waals surface area contributed by atoms with Crippen molar-refractivity contribution < 1.29 is 14.3 Å². The number of rotatable bonds is 3. The molecule has 1 atom stereocenters. The number of nitrogens with zero attached hydrogens (tertiary/aromatic N) is 2. The van der Waals surface area contributed by atoms with Crippen LogP contribution in [0.15, 0.2) is 40.2 Å². The van der Waals surface area contributed by atoms with Gasteiger partial charge in [-0.1, -0.05) is 12.1 Å². The lowest BCUT2D eigenvalue weighted by Crippen LogP contribution is -2.52. The van der Waals surface area contributed by atoms with Gasteiger partial charge in [-0.05, 0) is 40.2 Å². The Morgan fingerprint density at radius 1 is 1.20 bits per heavy atom. The molecule has 2 aliphatic heterocycles. The summed E-state index contributed by atoms with van der Waals surface area (Å²) in [5, 5.41) is 0. The van der Waals surface area contributed by atoms with E-state index >= 15 is 0 Å². The molecule has 1 saturated heterocycles. The molecular formula is C18H19BrN2O3S. The van der Waals surface area contributed by atoms with Crippen molar-refractivity contribution in [2.75, 3.05) is 37.7 Å². The molecule has 1 amide bonds. The van der Waals surface area contributed by atoms with Gasteiger partial charge in [-0.25, -0.2) is 0 Å². The van der Waals surface area contributed by atoms with Crippen molar-refractivity contribution in [3.8, 4) is 5.75 Å². The molecule has 2 aliphatic rings. The van der Waals surface area contributed by atoms with Crippen molar-refractivity contribution in [2.24, 2.45) is 0 Å². The van der Waals surface area contributed by atoms with E-state index in [9.17, 15) is 4.79 Å². The van der Waals surface area contributed by atoms with Crippen LogP contribution in [-0.2, 0) is 16.1 Å². The van der Waals surface area contributed by atoms with Crippen LogP contribution in [0.4, 0.5) is 5.69 Å². The molecule has 5 nitrogen and oxygen atoms in total. The minimum absolute atomic E-state index is 0.0511. The number of anilines is 1. The first kappa shape index (κ1) is 16.9. The normalized spacial score (nSPS) is 20.1. The van der Waals surface area contributed by atoms with Crippen LogP contribution in [-0.4, -0.2) is 49.8 Å². The summed E-state index contributed by atoms with van der Waals surface area (Å²) in [5.74, 6) is 0.825. The number of carbonyl (C=O) groups is 1. The van der Waals surface area contributed by atoms with Gasteiger partial charge in [0.25, 0.3) is 5.91 Å². The van der Waals surface area contributed by atoms with Gasteiger partial charge in [0.2, 0.25) is 0 Å². The molecule has 1 fully saturated rings. The maximum absolute atomic E-state index is 12.9. The Balaban J connectivity index is 1.56. The SMILES string of the molecule is O=C(C1CN(Cc2ccc(Br)s2)c2ccccc2O1)N1CCOCC1. The Morgan fingerprint density at radius 2 is 2.00 bits per heavy atom. The average molecular weight is 423 g/mol. The fourth-order valence-electron chi connectivity index (χ4n) is 3.20. The number of hydrogen-bond donors (Lipinski definition) is 0. The lowest BCUT2D eigenvalue weighted by atomic mass is 10.1. The minimum atomic E-state index is -0.476. The fraction of sp³-hybridized carbons (Fsp3) is 0.389. The van der Waals surface area contributed by atoms with Gasteiger partial charge in [-0.3, -0.25) is 4.79 Å². The highest BCUT2D eigenvalue weighted by molar-refractivity contribution is 9.11. The highest BCUT2D eigenvalue weighted by Crippen LogP contribution is 2.35. The standard InChI is InChI=1S/C18H19BrN2O3S/c19-17-6-5-13(25-17)11-21-12-16(18(22)20-7-9-23-10-8-20)24-15-4-2-1-3-14(15)21/h1-6,16H,7-12H2. The summed E-state index contributed by atoms with van der Waals surface area (Å²) in [4.78, 5) is 18.2.